The topological polar surface area (TPSA) is 66.4 Å². The van der Waals surface area contributed by atoms with E-state index >= 15 is 0 Å². The summed E-state index contributed by atoms with van der Waals surface area (Å²) >= 11 is 3.11. The van der Waals surface area contributed by atoms with Gasteiger partial charge in [0.25, 0.3) is 0 Å². The molecule has 0 aliphatic rings. The maximum absolute atomic E-state index is 13.6. The van der Waals surface area contributed by atoms with Crippen LogP contribution < -0.4 is 5.32 Å². The van der Waals surface area contributed by atoms with Crippen molar-refractivity contribution in [3.63, 3.8) is 0 Å². The second-order valence-corrected chi connectivity index (χ2v) is 4.67. The van der Waals surface area contributed by atoms with Gasteiger partial charge in [0.2, 0.25) is 5.91 Å². The molecule has 19 heavy (non-hydrogen) atoms. The van der Waals surface area contributed by atoms with E-state index in [0.29, 0.717) is 17.7 Å². The second kappa shape index (κ2) is 7.04. The number of allylic oxidation sites excluding steroid dienone is 1. The van der Waals surface area contributed by atoms with Crippen molar-refractivity contribution in [3.8, 4) is 0 Å². The van der Waals surface area contributed by atoms with Crippen LogP contribution in [0.2, 0.25) is 0 Å². The van der Waals surface area contributed by atoms with E-state index in [2.05, 4.69) is 21.2 Å². The third kappa shape index (κ3) is 5.21. The Kier molecular flexibility index (Phi) is 5.69. The van der Waals surface area contributed by atoms with Crippen LogP contribution in [0, 0.1) is 5.82 Å². The van der Waals surface area contributed by atoms with E-state index in [1.54, 1.807) is 18.2 Å². The van der Waals surface area contributed by atoms with Crippen molar-refractivity contribution in [3.05, 3.63) is 34.1 Å². The zero-order chi connectivity index (χ0) is 14.4. The Labute approximate surface area is 118 Å². The molecule has 6 heteroatoms. The number of halogens is 2. The molecule has 0 saturated heterocycles. The van der Waals surface area contributed by atoms with E-state index in [-0.39, 0.29) is 16.8 Å². The molecule has 1 aromatic rings. The number of carboxylic acids is 1. The predicted molar refractivity (Wildman–Crippen MR) is 74.3 cm³/mol. The number of amides is 1. The summed E-state index contributed by atoms with van der Waals surface area (Å²) in [5, 5.41) is 11.0. The first-order valence-electron chi connectivity index (χ1n) is 5.55. The molecular weight excluding hydrogens is 317 g/mol. The Balaban J connectivity index is 2.89. The first-order chi connectivity index (χ1) is 8.90. The molecule has 2 N–H and O–H groups in total. The Morgan fingerprint density at radius 3 is 2.74 bits per heavy atom. The van der Waals surface area contributed by atoms with Gasteiger partial charge in [0.15, 0.2) is 0 Å². The molecule has 1 amide bonds. The van der Waals surface area contributed by atoms with Crippen molar-refractivity contribution in [1.29, 1.82) is 0 Å². The summed E-state index contributed by atoms with van der Waals surface area (Å²) in [6.45, 7) is 1.34. The van der Waals surface area contributed by atoms with Gasteiger partial charge in [-0.25, -0.2) is 4.39 Å². The summed E-state index contributed by atoms with van der Waals surface area (Å²) < 4.78 is 13.9. The number of carbonyl (C=O) groups excluding carboxylic acids is 1. The summed E-state index contributed by atoms with van der Waals surface area (Å²) in [6.07, 6.45) is 3.63. The summed E-state index contributed by atoms with van der Waals surface area (Å²) in [7, 11) is 0. The van der Waals surface area contributed by atoms with Crippen LogP contribution in [0.15, 0.2) is 22.7 Å². The molecule has 0 spiro atoms. The van der Waals surface area contributed by atoms with Crippen molar-refractivity contribution in [2.75, 3.05) is 5.32 Å². The lowest BCUT2D eigenvalue weighted by atomic mass is 10.1. The fourth-order valence-corrected chi connectivity index (χ4v) is 1.79. The molecule has 0 heterocycles. The molecule has 102 valence electrons. The van der Waals surface area contributed by atoms with E-state index in [1.807, 2.05) is 0 Å². The first-order valence-corrected chi connectivity index (χ1v) is 6.34. The molecule has 1 aromatic carbocycles. The highest BCUT2D eigenvalue weighted by atomic mass is 79.9. The quantitative estimate of drug-likeness (QED) is 0.869. The number of nitrogens with one attached hydrogen (secondary N) is 1. The molecule has 0 bridgehead atoms. The number of carbonyl (C=O) groups is 2. The zero-order valence-corrected chi connectivity index (χ0v) is 11.8. The lowest BCUT2D eigenvalue weighted by Gasteiger charge is -2.06. The molecule has 0 radical (unpaired) electrons. The van der Waals surface area contributed by atoms with E-state index in [1.165, 1.54) is 13.0 Å². The van der Waals surface area contributed by atoms with E-state index in [4.69, 9.17) is 5.11 Å². The molecule has 0 aliphatic heterocycles. The summed E-state index contributed by atoms with van der Waals surface area (Å²) in [6, 6.07) is 2.81. The van der Waals surface area contributed by atoms with Gasteiger partial charge in [-0.15, -0.1) is 0 Å². The van der Waals surface area contributed by atoms with Gasteiger partial charge in [0, 0.05) is 19.0 Å². The Morgan fingerprint density at radius 2 is 2.16 bits per heavy atom. The van der Waals surface area contributed by atoms with Gasteiger partial charge in [0.05, 0.1) is 4.47 Å². The smallest absolute Gasteiger partial charge is 0.303 e. The number of hydrogen-bond acceptors (Lipinski definition) is 2. The number of carboxylic acid groups (broad SMARTS) is 1. The van der Waals surface area contributed by atoms with Gasteiger partial charge in [0.1, 0.15) is 5.82 Å². The van der Waals surface area contributed by atoms with Gasteiger partial charge >= 0.3 is 5.97 Å². The summed E-state index contributed by atoms with van der Waals surface area (Å²) in [5.41, 5.74) is 0.889. The average Bonchev–Trinajstić information content (AvgIpc) is 2.29. The van der Waals surface area contributed by atoms with Crippen molar-refractivity contribution < 1.29 is 19.1 Å². The third-order valence-electron chi connectivity index (χ3n) is 2.20. The maximum atomic E-state index is 13.6. The number of benzene rings is 1. The molecule has 0 aliphatic carbocycles. The van der Waals surface area contributed by atoms with Crippen LogP contribution in [0.3, 0.4) is 0 Å². The van der Waals surface area contributed by atoms with Crippen molar-refractivity contribution in [2.24, 2.45) is 0 Å². The lowest BCUT2D eigenvalue weighted by molar-refractivity contribution is -0.136. The SMILES string of the molecule is CC(=O)Nc1cc(F)c(Br)c(C=CCCC(=O)O)c1. The molecule has 0 saturated carbocycles. The maximum Gasteiger partial charge on any atom is 0.303 e. The molecular formula is C13H13BrFNO3. The normalized spacial score (nSPS) is 10.7. The van der Waals surface area contributed by atoms with Crippen LogP contribution in [-0.4, -0.2) is 17.0 Å². The fraction of sp³-hybridized carbons (Fsp3) is 0.231. The lowest BCUT2D eigenvalue weighted by Crippen LogP contribution is -2.06. The monoisotopic (exact) mass is 329 g/mol. The molecule has 0 atom stereocenters. The van der Waals surface area contributed by atoms with Gasteiger partial charge in [-0.1, -0.05) is 12.2 Å². The standard InChI is InChI=1S/C13H13BrFNO3/c1-8(17)16-10-6-9(13(14)11(15)7-10)4-2-3-5-12(18)19/h2,4,6-7H,3,5H2,1H3,(H,16,17)(H,18,19). The van der Waals surface area contributed by atoms with E-state index in [9.17, 15) is 14.0 Å². The van der Waals surface area contributed by atoms with Crippen LogP contribution in [0.5, 0.6) is 0 Å². The first kappa shape index (κ1) is 15.4. The predicted octanol–water partition coefficient (Wildman–Crippen LogP) is 3.42. The minimum atomic E-state index is -0.887. The van der Waals surface area contributed by atoms with Gasteiger partial charge < -0.3 is 10.4 Å². The Hall–Kier alpha value is -1.69. The van der Waals surface area contributed by atoms with Crippen molar-refractivity contribution in [1.82, 2.24) is 0 Å². The van der Waals surface area contributed by atoms with Crippen LogP contribution in [0.4, 0.5) is 10.1 Å². The highest BCUT2D eigenvalue weighted by Crippen LogP contribution is 2.26. The van der Waals surface area contributed by atoms with Crippen molar-refractivity contribution in [2.45, 2.75) is 19.8 Å². The third-order valence-corrected chi connectivity index (χ3v) is 3.04. The molecule has 0 unspecified atom stereocenters. The van der Waals surface area contributed by atoms with E-state index < -0.39 is 11.8 Å². The molecule has 4 nitrogen and oxygen atoms in total. The van der Waals surface area contributed by atoms with E-state index in [0.717, 1.165) is 0 Å². The number of rotatable bonds is 5. The fourth-order valence-electron chi connectivity index (χ4n) is 1.42. The van der Waals surface area contributed by atoms with Crippen LogP contribution in [-0.2, 0) is 9.59 Å². The number of aliphatic carboxylic acids is 1. The van der Waals surface area contributed by atoms with Crippen molar-refractivity contribution >= 4 is 39.6 Å². The van der Waals surface area contributed by atoms with Gasteiger partial charge in [-0.2, -0.15) is 0 Å². The Bertz CT molecular complexity index is 529. The molecule has 0 fully saturated rings. The Morgan fingerprint density at radius 1 is 1.47 bits per heavy atom. The van der Waals surface area contributed by atoms with Gasteiger partial charge in [-0.05, 0) is 40.0 Å². The minimum absolute atomic E-state index is 0.0159. The summed E-state index contributed by atoms with van der Waals surface area (Å²) in [4.78, 5) is 21.3. The second-order valence-electron chi connectivity index (χ2n) is 3.88. The largest absolute Gasteiger partial charge is 0.481 e. The minimum Gasteiger partial charge on any atom is -0.481 e. The average molecular weight is 330 g/mol. The zero-order valence-electron chi connectivity index (χ0n) is 10.2. The highest BCUT2D eigenvalue weighted by Gasteiger charge is 2.07. The van der Waals surface area contributed by atoms with Crippen LogP contribution in [0.1, 0.15) is 25.3 Å². The molecule has 0 aromatic heterocycles. The number of hydrogen-bond donors (Lipinski definition) is 2. The van der Waals surface area contributed by atoms with Crippen LogP contribution >= 0.6 is 15.9 Å². The summed E-state index contributed by atoms with van der Waals surface area (Å²) in [5.74, 6) is -1.67. The molecule has 1 rings (SSSR count). The van der Waals surface area contributed by atoms with Crippen LogP contribution in [0.25, 0.3) is 6.08 Å². The number of anilines is 1. The highest BCUT2D eigenvalue weighted by molar-refractivity contribution is 9.10. The van der Waals surface area contributed by atoms with Gasteiger partial charge in [-0.3, -0.25) is 9.59 Å².